The molecule has 1 aliphatic carbocycles. The fourth-order valence-corrected chi connectivity index (χ4v) is 1.98. The second kappa shape index (κ2) is 6.28. The van der Waals surface area contributed by atoms with Crippen LogP contribution < -0.4 is 10.6 Å². The van der Waals surface area contributed by atoms with E-state index in [-0.39, 0.29) is 0 Å². The molecule has 2 N–H and O–H groups in total. The molecule has 88 valence electrons. The van der Waals surface area contributed by atoms with Crippen LogP contribution in [0.5, 0.6) is 0 Å². The van der Waals surface area contributed by atoms with Gasteiger partial charge < -0.3 is 15.5 Å². The van der Waals surface area contributed by atoms with Crippen molar-refractivity contribution in [1.82, 2.24) is 15.5 Å². The van der Waals surface area contributed by atoms with E-state index in [2.05, 4.69) is 36.6 Å². The Morgan fingerprint density at radius 3 is 2.53 bits per heavy atom. The first-order valence-electron chi connectivity index (χ1n) is 5.80. The van der Waals surface area contributed by atoms with E-state index in [1.54, 1.807) is 0 Å². The molecular weight excluding hydrogens is 206 g/mol. The van der Waals surface area contributed by atoms with Gasteiger partial charge in [-0.1, -0.05) is 12.8 Å². The number of thiocarbonyl (C=S) groups is 1. The third-order valence-corrected chi connectivity index (χ3v) is 3.39. The average Bonchev–Trinajstić information content (AvgIpc) is 2.66. The molecule has 15 heavy (non-hydrogen) atoms. The number of nitrogens with zero attached hydrogens (tertiary/aromatic N) is 1. The summed E-state index contributed by atoms with van der Waals surface area (Å²) in [6, 6.07) is 1.12. The highest BCUT2D eigenvalue weighted by molar-refractivity contribution is 7.80. The lowest BCUT2D eigenvalue weighted by atomic mass is 10.2. The Labute approximate surface area is 98.6 Å². The van der Waals surface area contributed by atoms with E-state index in [0.29, 0.717) is 12.1 Å². The van der Waals surface area contributed by atoms with Crippen molar-refractivity contribution in [2.45, 2.75) is 44.7 Å². The van der Waals surface area contributed by atoms with Crippen molar-refractivity contribution in [3.05, 3.63) is 0 Å². The van der Waals surface area contributed by atoms with Crippen molar-refractivity contribution in [2.75, 3.05) is 20.6 Å². The van der Waals surface area contributed by atoms with Gasteiger partial charge in [0.15, 0.2) is 5.11 Å². The molecule has 0 spiro atoms. The second-order valence-electron chi connectivity index (χ2n) is 4.65. The predicted molar refractivity (Wildman–Crippen MR) is 69.1 cm³/mol. The number of likely N-dealkylation sites (N-methyl/N-ethyl adjacent to an activating group) is 1. The zero-order valence-electron chi connectivity index (χ0n) is 10.0. The highest BCUT2D eigenvalue weighted by Gasteiger charge is 2.15. The fourth-order valence-electron chi connectivity index (χ4n) is 1.73. The quantitative estimate of drug-likeness (QED) is 0.712. The summed E-state index contributed by atoms with van der Waals surface area (Å²) in [6.07, 6.45) is 5.22. The van der Waals surface area contributed by atoms with Crippen molar-refractivity contribution < 1.29 is 0 Å². The number of nitrogens with one attached hydrogen (secondary N) is 2. The monoisotopic (exact) mass is 229 g/mol. The molecule has 0 bridgehead atoms. The average molecular weight is 229 g/mol. The van der Waals surface area contributed by atoms with Gasteiger partial charge in [0.25, 0.3) is 0 Å². The first-order chi connectivity index (χ1) is 7.09. The number of hydrogen-bond donors (Lipinski definition) is 2. The van der Waals surface area contributed by atoms with Crippen LogP contribution in [0.15, 0.2) is 0 Å². The lowest BCUT2D eigenvalue weighted by Crippen LogP contribution is -2.45. The first-order valence-corrected chi connectivity index (χ1v) is 6.21. The Morgan fingerprint density at radius 2 is 2.00 bits per heavy atom. The van der Waals surface area contributed by atoms with Crippen molar-refractivity contribution >= 4 is 17.3 Å². The Bertz CT molecular complexity index is 200. The molecule has 1 atom stereocenters. The minimum absolute atomic E-state index is 0.508. The summed E-state index contributed by atoms with van der Waals surface area (Å²) in [6.45, 7) is 3.09. The summed E-state index contributed by atoms with van der Waals surface area (Å²) in [4.78, 5) is 2.19. The SMILES string of the molecule is CC(CNC(=S)NC1CCCC1)N(C)C. The summed E-state index contributed by atoms with van der Waals surface area (Å²) < 4.78 is 0. The molecule has 0 radical (unpaired) electrons. The van der Waals surface area contributed by atoms with E-state index < -0.39 is 0 Å². The molecule has 0 heterocycles. The van der Waals surface area contributed by atoms with E-state index in [1.165, 1.54) is 25.7 Å². The van der Waals surface area contributed by atoms with Gasteiger partial charge in [0.2, 0.25) is 0 Å². The zero-order valence-corrected chi connectivity index (χ0v) is 10.9. The van der Waals surface area contributed by atoms with E-state index in [4.69, 9.17) is 12.2 Å². The molecule has 1 fully saturated rings. The first kappa shape index (κ1) is 12.7. The molecule has 0 saturated heterocycles. The van der Waals surface area contributed by atoms with Crippen LogP contribution in [0.1, 0.15) is 32.6 Å². The summed E-state index contributed by atoms with van der Waals surface area (Å²) in [7, 11) is 4.17. The van der Waals surface area contributed by atoms with Gasteiger partial charge in [0, 0.05) is 18.6 Å². The number of rotatable bonds is 4. The van der Waals surface area contributed by atoms with Crippen LogP contribution in [0.2, 0.25) is 0 Å². The van der Waals surface area contributed by atoms with Gasteiger partial charge in [-0.15, -0.1) is 0 Å². The molecule has 0 aromatic rings. The molecule has 1 rings (SSSR count). The maximum Gasteiger partial charge on any atom is 0.166 e. The van der Waals surface area contributed by atoms with Crippen LogP contribution in [0.25, 0.3) is 0 Å². The highest BCUT2D eigenvalue weighted by atomic mass is 32.1. The van der Waals surface area contributed by atoms with Crippen LogP contribution in [0.4, 0.5) is 0 Å². The minimum Gasteiger partial charge on any atom is -0.361 e. The summed E-state index contributed by atoms with van der Waals surface area (Å²) in [5.41, 5.74) is 0. The lowest BCUT2D eigenvalue weighted by Gasteiger charge is -2.22. The van der Waals surface area contributed by atoms with Crippen LogP contribution in [0, 0.1) is 0 Å². The third kappa shape index (κ3) is 4.80. The standard InChI is InChI=1S/C11H23N3S/c1-9(14(2)3)8-12-11(15)13-10-6-4-5-7-10/h9-10H,4-8H2,1-3H3,(H2,12,13,15). The van der Waals surface area contributed by atoms with Gasteiger partial charge in [0.1, 0.15) is 0 Å². The smallest absolute Gasteiger partial charge is 0.166 e. The number of hydrogen-bond acceptors (Lipinski definition) is 2. The van der Waals surface area contributed by atoms with E-state index in [1.807, 2.05) is 0 Å². The van der Waals surface area contributed by atoms with Crippen LogP contribution in [-0.2, 0) is 0 Å². The summed E-state index contributed by atoms with van der Waals surface area (Å²) >= 11 is 5.25. The van der Waals surface area contributed by atoms with Crippen molar-refractivity contribution in [3.63, 3.8) is 0 Å². The Balaban J connectivity index is 2.12. The molecule has 0 aliphatic heterocycles. The van der Waals surface area contributed by atoms with Gasteiger partial charge in [-0.25, -0.2) is 0 Å². The van der Waals surface area contributed by atoms with Crippen LogP contribution in [-0.4, -0.2) is 42.7 Å². The van der Waals surface area contributed by atoms with Gasteiger partial charge >= 0.3 is 0 Å². The molecule has 0 aromatic heterocycles. The zero-order chi connectivity index (χ0) is 11.3. The molecule has 1 saturated carbocycles. The van der Waals surface area contributed by atoms with Gasteiger partial charge in [-0.3, -0.25) is 0 Å². The normalized spacial score (nSPS) is 19.2. The molecule has 0 aromatic carbocycles. The van der Waals surface area contributed by atoms with Crippen molar-refractivity contribution in [1.29, 1.82) is 0 Å². The second-order valence-corrected chi connectivity index (χ2v) is 5.06. The van der Waals surface area contributed by atoms with E-state index in [9.17, 15) is 0 Å². The molecule has 1 unspecified atom stereocenters. The van der Waals surface area contributed by atoms with Gasteiger partial charge in [-0.2, -0.15) is 0 Å². The van der Waals surface area contributed by atoms with Crippen LogP contribution >= 0.6 is 12.2 Å². The molecule has 4 heteroatoms. The minimum atomic E-state index is 0.508. The maximum atomic E-state index is 5.25. The largest absolute Gasteiger partial charge is 0.361 e. The lowest BCUT2D eigenvalue weighted by molar-refractivity contribution is 0.313. The Hall–Kier alpha value is -0.350. The Morgan fingerprint density at radius 1 is 1.40 bits per heavy atom. The Kier molecular flexibility index (Phi) is 5.32. The molecule has 0 amide bonds. The predicted octanol–water partition coefficient (Wildman–Crippen LogP) is 1.34. The van der Waals surface area contributed by atoms with E-state index in [0.717, 1.165) is 11.7 Å². The topological polar surface area (TPSA) is 27.3 Å². The third-order valence-electron chi connectivity index (χ3n) is 3.13. The van der Waals surface area contributed by atoms with Gasteiger partial charge in [0.05, 0.1) is 0 Å². The summed E-state index contributed by atoms with van der Waals surface area (Å²) in [5.74, 6) is 0. The fraction of sp³-hybridized carbons (Fsp3) is 0.909. The van der Waals surface area contributed by atoms with E-state index >= 15 is 0 Å². The molecule has 3 nitrogen and oxygen atoms in total. The summed E-state index contributed by atoms with van der Waals surface area (Å²) in [5, 5.41) is 7.46. The van der Waals surface area contributed by atoms with Crippen molar-refractivity contribution in [3.8, 4) is 0 Å². The molecular formula is C11H23N3S. The van der Waals surface area contributed by atoms with Crippen LogP contribution in [0.3, 0.4) is 0 Å². The van der Waals surface area contributed by atoms with Gasteiger partial charge in [-0.05, 0) is 46.1 Å². The maximum absolute atomic E-state index is 5.25. The highest BCUT2D eigenvalue weighted by Crippen LogP contribution is 2.17. The molecule has 1 aliphatic rings. The van der Waals surface area contributed by atoms with Crippen molar-refractivity contribution in [2.24, 2.45) is 0 Å².